The van der Waals surface area contributed by atoms with E-state index in [0.29, 0.717) is 22.6 Å². The van der Waals surface area contributed by atoms with Crippen LogP contribution in [0.15, 0.2) is 12.2 Å². The van der Waals surface area contributed by atoms with Crippen molar-refractivity contribution in [2.75, 3.05) is 12.4 Å². The second-order valence-electron chi connectivity index (χ2n) is 7.15. The van der Waals surface area contributed by atoms with E-state index in [9.17, 15) is 19.5 Å². The Morgan fingerprint density at radius 3 is 2.52 bits per heavy atom. The summed E-state index contributed by atoms with van der Waals surface area (Å²) in [5, 5.41) is 13.4. The molecule has 1 N–H and O–H groups in total. The normalized spacial score (nSPS) is 17.2. The number of carbonyl (C=O) groups is 3. The molecule has 0 aromatic carbocycles. The first-order valence-electron chi connectivity index (χ1n) is 8.06. The smallest absolute Gasteiger partial charge is 0.341 e. The predicted molar refractivity (Wildman–Crippen MR) is 93.4 cm³/mol. The first kappa shape index (κ1) is 19.2. The van der Waals surface area contributed by atoms with Crippen molar-refractivity contribution in [1.29, 1.82) is 0 Å². The van der Waals surface area contributed by atoms with E-state index in [1.165, 1.54) is 18.4 Å². The minimum absolute atomic E-state index is 0.160. The number of thiophene rings is 1. The van der Waals surface area contributed by atoms with Gasteiger partial charge in [0.25, 0.3) is 0 Å². The average molecular weight is 364 g/mol. The number of hydrogen-bond acceptors (Lipinski definition) is 6. The van der Waals surface area contributed by atoms with Gasteiger partial charge in [-0.15, -0.1) is 11.3 Å². The molecule has 1 aliphatic carbocycles. The lowest BCUT2D eigenvalue weighted by Crippen LogP contribution is -2.26. The van der Waals surface area contributed by atoms with Crippen molar-refractivity contribution in [2.45, 2.75) is 40.0 Å². The van der Waals surface area contributed by atoms with Crippen molar-refractivity contribution in [2.24, 2.45) is 11.3 Å². The molecule has 1 aromatic rings. The second-order valence-corrected chi connectivity index (χ2v) is 8.25. The maximum absolute atomic E-state index is 12.2. The topological polar surface area (TPSA) is 95.5 Å². The van der Waals surface area contributed by atoms with Crippen LogP contribution in [0.1, 0.15) is 48.0 Å². The molecule has 0 spiro atoms. The van der Waals surface area contributed by atoms with E-state index in [1.807, 2.05) is 0 Å². The van der Waals surface area contributed by atoms with E-state index in [2.05, 4.69) is 26.1 Å². The van der Waals surface area contributed by atoms with Gasteiger partial charge in [0.1, 0.15) is 5.00 Å². The van der Waals surface area contributed by atoms with Gasteiger partial charge in [-0.1, -0.05) is 20.8 Å². The maximum atomic E-state index is 12.2. The zero-order valence-electron chi connectivity index (χ0n) is 14.8. The first-order chi connectivity index (χ1) is 11.6. The molecule has 1 amide bonds. The maximum Gasteiger partial charge on any atom is 0.341 e. The monoisotopic (exact) mass is 364 g/mol. The average Bonchev–Trinajstić information content (AvgIpc) is 2.88. The van der Waals surface area contributed by atoms with Crippen LogP contribution >= 0.6 is 11.3 Å². The third kappa shape index (κ3) is 4.48. The number of rotatable bonds is 4. The van der Waals surface area contributed by atoms with Crippen LogP contribution in [0, 0.1) is 11.3 Å². The summed E-state index contributed by atoms with van der Waals surface area (Å²) >= 11 is 1.36. The molecule has 1 aromatic heterocycles. The summed E-state index contributed by atoms with van der Waals surface area (Å²) in [4.78, 5) is 35.6. The van der Waals surface area contributed by atoms with E-state index in [-0.39, 0.29) is 5.41 Å². The molecule has 0 saturated carbocycles. The van der Waals surface area contributed by atoms with Crippen molar-refractivity contribution in [1.82, 2.24) is 0 Å². The van der Waals surface area contributed by atoms with Crippen LogP contribution in [-0.4, -0.2) is 25.0 Å². The van der Waals surface area contributed by atoms with E-state index < -0.39 is 17.8 Å². The van der Waals surface area contributed by atoms with Crippen molar-refractivity contribution in [3.05, 3.63) is 28.2 Å². The highest BCUT2D eigenvalue weighted by atomic mass is 32.1. The molecule has 0 fully saturated rings. The van der Waals surface area contributed by atoms with Crippen molar-refractivity contribution < 1.29 is 24.2 Å². The van der Waals surface area contributed by atoms with Gasteiger partial charge in [0.05, 0.1) is 18.6 Å². The predicted octanol–water partition coefficient (Wildman–Crippen LogP) is 1.93. The highest BCUT2D eigenvalue weighted by Gasteiger charge is 2.34. The number of carboxylic acids is 1. The Morgan fingerprint density at radius 1 is 1.28 bits per heavy atom. The summed E-state index contributed by atoms with van der Waals surface area (Å²) in [7, 11) is 1.30. The lowest BCUT2D eigenvalue weighted by molar-refractivity contribution is -0.297. The number of amides is 1. The second kappa shape index (κ2) is 7.39. The zero-order valence-corrected chi connectivity index (χ0v) is 15.6. The molecule has 2 rings (SSSR count). The summed E-state index contributed by atoms with van der Waals surface area (Å²) in [5.74, 6) is -2.08. The Morgan fingerprint density at radius 2 is 1.96 bits per heavy atom. The lowest BCUT2D eigenvalue weighted by atomic mass is 9.72. The lowest BCUT2D eigenvalue weighted by Gasteiger charge is -2.33. The Labute approximate surface area is 150 Å². The molecule has 0 bridgehead atoms. The molecule has 1 heterocycles. The van der Waals surface area contributed by atoms with Gasteiger partial charge >= 0.3 is 5.97 Å². The number of anilines is 1. The van der Waals surface area contributed by atoms with Crippen LogP contribution in [0.2, 0.25) is 0 Å². The minimum atomic E-state index is -1.46. The number of esters is 1. The minimum Gasteiger partial charge on any atom is -0.545 e. The highest BCUT2D eigenvalue weighted by molar-refractivity contribution is 7.17. The SMILES string of the molecule is COC(=O)c1c(NC(=O)C=CC(=O)[O-])sc2c1CCC(C(C)(C)C)C2. The number of carbonyl (C=O) groups excluding carboxylic acids is 3. The van der Waals surface area contributed by atoms with Gasteiger partial charge in [-0.2, -0.15) is 0 Å². The van der Waals surface area contributed by atoms with Crippen molar-refractivity contribution >= 4 is 34.2 Å². The van der Waals surface area contributed by atoms with Crippen LogP contribution in [0.25, 0.3) is 0 Å². The van der Waals surface area contributed by atoms with Gasteiger partial charge in [0, 0.05) is 11.0 Å². The van der Waals surface area contributed by atoms with Gasteiger partial charge < -0.3 is 20.0 Å². The summed E-state index contributed by atoms with van der Waals surface area (Å²) < 4.78 is 4.87. The highest BCUT2D eigenvalue weighted by Crippen LogP contribution is 2.44. The third-order valence-corrected chi connectivity index (χ3v) is 5.66. The van der Waals surface area contributed by atoms with Crippen LogP contribution in [0.5, 0.6) is 0 Å². The fraction of sp³-hybridized carbons (Fsp3) is 0.500. The number of ether oxygens (including phenoxy) is 1. The molecule has 1 unspecified atom stereocenters. The van der Waals surface area contributed by atoms with Crippen molar-refractivity contribution in [3.63, 3.8) is 0 Å². The summed E-state index contributed by atoms with van der Waals surface area (Å²) in [6.07, 6.45) is 4.08. The number of hydrogen-bond donors (Lipinski definition) is 1. The van der Waals surface area contributed by atoms with Crippen LogP contribution in [0.3, 0.4) is 0 Å². The Bertz CT molecular complexity index is 727. The van der Waals surface area contributed by atoms with Gasteiger partial charge in [-0.3, -0.25) is 4.79 Å². The van der Waals surface area contributed by atoms with Crippen LogP contribution in [0.4, 0.5) is 5.00 Å². The van der Waals surface area contributed by atoms with Crippen molar-refractivity contribution in [3.8, 4) is 0 Å². The summed E-state index contributed by atoms with van der Waals surface area (Å²) in [6.45, 7) is 6.60. The Hall–Kier alpha value is -2.15. The molecule has 0 radical (unpaired) electrons. The standard InChI is InChI=1S/C18H23NO5S/c1-18(2,3)10-5-6-11-12(9-10)25-16(15(11)17(23)24-4)19-13(20)7-8-14(21)22/h7-8,10H,5-6,9H2,1-4H3,(H,19,20)(H,21,22)/p-1. The Balaban J connectivity index is 2.34. The Kier molecular flexibility index (Phi) is 5.67. The van der Waals surface area contributed by atoms with E-state index in [4.69, 9.17) is 4.74 Å². The van der Waals surface area contributed by atoms with E-state index in [1.54, 1.807) is 0 Å². The third-order valence-electron chi connectivity index (χ3n) is 4.49. The number of carboxylic acid groups (broad SMARTS) is 1. The fourth-order valence-electron chi connectivity index (χ4n) is 3.03. The molecule has 6 nitrogen and oxygen atoms in total. The number of nitrogens with one attached hydrogen (secondary N) is 1. The number of aliphatic carboxylic acids is 1. The molecule has 1 atom stereocenters. The molecular weight excluding hydrogens is 342 g/mol. The fourth-order valence-corrected chi connectivity index (χ4v) is 4.35. The molecule has 7 heteroatoms. The van der Waals surface area contributed by atoms with Crippen LogP contribution < -0.4 is 10.4 Å². The van der Waals surface area contributed by atoms with E-state index in [0.717, 1.165) is 35.8 Å². The zero-order chi connectivity index (χ0) is 18.8. The summed E-state index contributed by atoms with van der Waals surface area (Å²) in [5.41, 5.74) is 1.47. The molecule has 0 saturated heterocycles. The molecule has 1 aliphatic rings. The van der Waals surface area contributed by atoms with Gasteiger partial charge in [-0.05, 0) is 42.2 Å². The van der Waals surface area contributed by atoms with Crippen LogP contribution in [-0.2, 0) is 27.2 Å². The number of methoxy groups -OCH3 is 1. The summed E-state index contributed by atoms with van der Waals surface area (Å²) in [6, 6.07) is 0. The van der Waals surface area contributed by atoms with Gasteiger partial charge in [-0.25, -0.2) is 4.79 Å². The molecule has 136 valence electrons. The molecule has 0 aliphatic heterocycles. The largest absolute Gasteiger partial charge is 0.545 e. The first-order valence-corrected chi connectivity index (χ1v) is 8.88. The van der Waals surface area contributed by atoms with Gasteiger partial charge in [0.15, 0.2) is 0 Å². The molecular formula is C18H22NO5S-. The van der Waals surface area contributed by atoms with E-state index >= 15 is 0 Å². The quantitative estimate of drug-likeness (QED) is 0.651. The van der Waals surface area contributed by atoms with Gasteiger partial charge in [0.2, 0.25) is 5.91 Å². The number of fused-ring (bicyclic) bond motifs is 1. The molecule has 25 heavy (non-hydrogen) atoms.